The molecule has 2 aromatic rings. The first-order valence-electron chi connectivity index (χ1n) is 3.48. The van der Waals surface area contributed by atoms with Crippen LogP contribution < -0.4 is 4.74 Å². The molecular formula is C8H7ClN2O. The summed E-state index contributed by atoms with van der Waals surface area (Å²) in [5.41, 5.74) is 1.70. The van der Waals surface area contributed by atoms with Crippen LogP contribution in [0.1, 0.15) is 0 Å². The lowest BCUT2D eigenvalue weighted by Crippen LogP contribution is -1.84. The van der Waals surface area contributed by atoms with Gasteiger partial charge in [-0.2, -0.15) is 0 Å². The zero-order valence-electron chi connectivity index (χ0n) is 6.47. The summed E-state index contributed by atoms with van der Waals surface area (Å²) >= 11 is 5.83. The van der Waals surface area contributed by atoms with E-state index in [0.29, 0.717) is 10.8 Å². The van der Waals surface area contributed by atoms with Gasteiger partial charge in [0.2, 0.25) is 0 Å². The second kappa shape index (κ2) is 2.68. The van der Waals surface area contributed by atoms with E-state index in [-0.39, 0.29) is 0 Å². The van der Waals surface area contributed by atoms with Crippen molar-refractivity contribution in [3.63, 3.8) is 0 Å². The SMILES string of the molecule is COc1cc(Cl)cc2[nH]cnc12. The van der Waals surface area contributed by atoms with Gasteiger partial charge in [-0.15, -0.1) is 0 Å². The number of rotatable bonds is 1. The number of methoxy groups -OCH3 is 1. The van der Waals surface area contributed by atoms with Gasteiger partial charge in [0, 0.05) is 11.1 Å². The van der Waals surface area contributed by atoms with E-state index < -0.39 is 0 Å². The molecule has 4 heteroatoms. The molecule has 0 aliphatic carbocycles. The Labute approximate surface area is 74.3 Å². The minimum Gasteiger partial charge on any atom is -0.494 e. The van der Waals surface area contributed by atoms with Gasteiger partial charge in [0.05, 0.1) is 19.0 Å². The molecule has 0 fully saturated rings. The third-order valence-electron chi connectivity index (χ3n) is 1.67. The summed E-state index contributed by atoms with van der Waals surface area (Å²) in [6, 6.07) is 3.55. The number of aromatic amines is 1. The third-order valence-corrected chi connectivity index (χ3v) is 1.89. The molecule has 0 radical (unpaired) electrons. The fourth-order valence-corrected chi connectivity index (χ4v) is 1.35. The molecule has 1 heterocycles. The number of fused-ring (bicyclic) bond motifs is 1. The number of imidazole rings is 1. The van der Waals surface area contributed by atoms with Crippen molar-refractivity contribution in [2.24, 2.45) is 0 Å². The molecule has 1 aromatic carbocycles. The lowest BCUT2D eigenvalue weighted by molar-refractivity contribution is 0.419. The summed E-state index contributed by atoms with van der Waals surface area (Å²) < 4.78 is 5.10. The average molecular weight is 183 g/mol. The highest BCUT2D eigenvalue weighted by atomic mass is 35.5. The van der Waals surface area contributed by atoms with Crippen molar-refractivity contribution >= 4 is 22.6 Å². The predicted molar refractivity (Wildman–Crippen MR) is 47.7 cm³/mol. The molecule has 0 saturated carbocycles. The van der Waals surface area contributed by atoms with Crippen molar-refractivity contribution in [1.29, 1.82) is 0 Å². The zero-order chi connectivity index (χ0) is 8.55. The Bertz CT molecular complexity index is 410. The lowest BCUT2D eigenvalue weighted by atomic mass is 10.3. The molecular weight excluding hydrogens is 176 g/mol. The van der Waals surface area contributed by atoms with Crippen LogP contribution in [-0.2, 0) is 0 Å². The molecule has 0 saturated heterocycles. The maximum Gasteiger partial charge on any atom is 0.148 e. The number of halogens is 1. The number of nitrogens with one attached hydrogen (secondary N) is 1. The summed E-state index contributed by atoms with van der Waals surface area (Å²) in [6.07, 6.45) is 1.61. The van der Waals surface area contributed by atoms with Crippen molar-refractivity contribution in [3.05, 3.63) is 23.5 Å². The van der Waals surface area contributed by atoms with Crippen LogP contribution in [-0.4, -0.2) is 17.1 Å². The molecule has 0 atom stereocenters. The second-order valence-electron chi connectivity index (χ2n) is 2.41. The number of ether oxygens (including phenoxy) is 1. The van der Waals surface area contributed by atoms with Crippen LogP contribution in [0.2, 0.25) is 5.02 Å². The molecule has 0 aliphatic heterocycles. The molecule has 1 N–H and O–H groups in total. The second-order valence-corrected chi connectivity index (χ2v) is 2.84. The highest BCUT2D eigenvalue weighted by Crippen LogP contribution is 2.26. The molecule has 0 spiro atoms. The molecule has 1 aromatic heterocycles. The van der Waals surface area contributed by atoms with Crippen LogP contribution in [0.4, 0.5) is 0 Å². The van der Waals surface area contributed by atoms with Crippen molar-refractivity contribution in [3.8, 4) is 5.75 Å². The van der Waals surface area contributed by atoms with E-state index in [4.69, 9.17) is 16.3 Å². The van der Waals surface area contributed by atoms with E-state index in [0.717, 1.165) is 11.0 Å². The first-order chi connectivity index (χ1) is 5.81. The van der Waals surface area contributed by atoms with E-state index >= 15 is 0 Å². The van der Waals surface area contributed by atoms with Gasteiger partial charge in [-0.1, -0.05) is 11.6 Å². The summed E-state index contributed by atoms with van der Waals surface area (Å²) in [7, 11) is 1.60. The molecule has 0 unspecified atom stereocenters. The van der Waals surface area contributed by atoms with E-state index in [1.54, 1.807) is 19.5 Å². The van der Waals surface area contributed by atoms with E-state index in [1.807, 2.05) is 6.07 Å². The number of benzene rings is 1. The standard InChI is InChI=1S/C8H7ClN2O/c1-12-7-3-5(9)2-6-8(7)11-4-10-6/h2-4H,1H3,(H,10,11). The van der Waals surface area contributed by atoms with Gasteiger partial charge in [0.15, 0.2) is 0 Å². The molecule has 62 valence electrons. The molecule has 2 rings (SSSR count). The van der Waals surface area contributed by atoms with Crippen molar-refractivity contribution < 1.29 is 4.74 Å². The highest BCUT2D eigenvalue weighted by Gasteiger charge is 2.04. The normalized spacial score (nSPS) is 10.5. The van der Waals surface area contributed by atoms with E-state index in [1.165, 1.54) is 0 Å². The summed E-state index contributed by atoms with van der Waals surface area (Å²) in [5, 5.41) is 0.642. The summed E-state index contributed by atoms with van der Waals surface area (Å²) in [6.45, 7) is 0. The number of hydrogen-bond donors (Lipinski definition) is 1. The minimum absolute atomic E-state index is 0.642. The Morgan fingerprint density at radius 3 is 3.08 bits per heavy atom. The fraction of sp³-hybridized carbons (Fsp3) is 0.125. The van der Waals surface area contributed by atoms with Crippen molar-refractivity contribution in [2.75, 3.05) is 7.11 Å². The maximum atomic E-state index is 5.83. The Balaban J connectivity index is 2.80. The van der Waals surface area contributed by atoms with E-state index in [9.17, 15) is 0 Å². The molecule has 12 heavy (non-hydrogen) atoms. The number of nitrogens with zero attached hydrogens (tertiary/aromatic N) is 1. The molecule has 0 aliphatic rings. The van der Waals surface area contributed by atoms with Crippen LogP contribution in [0.15, 0.2) is 18.5 Å². The van der Waals surface area contributed by atoms with Crippen molar-refractivity contribution in [2.45, 2.75) is 0 Å². The first-order valence-corrected chi connectivity index (χ1v) is 3.85. The van der Waals surface area contributed by atoms with Gasteiger partial charge < -0.3 is 9.72 Å². The fourth-order valence-electron chi connectivity index (χ4n) is 1.14. The smallest absolute Gasteiger partial charge is 0.148 e. The van der Waals surface area contributed by atoms with Crippen molar-refractivity contribution in [1.82, 2.24) is 9.97 Å². The van der Waals surface area contributed by atoms with Gasteiger partial charge in [0.1, 0.15) is 11.3 Å². The van der Waals surface area contributed by atoms with Crippen LogP contribution in [0, 0.1) is 0 Å². The van der Waals surface area contributed by atoms with Crippen LogP contribution in [0.3, 0.4) is 0 Å². The quantitative estimate of drug-likeness (QED) is 0.735. The number of aromatic nitrogens is 2. The maximum absolute atomic E-state index is 5.83. The Hall–Kier alpha value is -1.22. The van der Waals surface area contributed by atoms with Crippen LogP contribution >= 0.6 is 11.6 Å². The van der Waals surface area contributed by atoms with Gasteiger partial charge in [-0.05, 0) is 6.07 Å². The Kier molecular flexibility index (Phi) is 1.66. The average Bonchev–Trinajstić information content (AvgIpc) is 2.50. The number of hydrogen-bond acceptors (Lipinski definition) is 2. The lowest BCUT2D eigenvalue weighted by Gasteiger charge is -2.00. The Morgan fingerprint density at radius 1 is 1.50 bits per heavy atom. The predicted octanol–water partition coefficient (Wildman–Crippen LogP) is 2.22. The summed E-state index contributed by atoms with van der Waals surface area (Å²) in [5.74, 6) is 0.693. The molecule has 0 bridgehead atoms. The minimum atomic E-state index is 0.642. The highest BCUT2D eigenvalue weighted by molar-refractivity contribution is 6.31. The zero-order valence-corrected chi connectivity index (χ0v) is 7.22. The first kappa shape index (κ1) is 7.43. The third kappa shape index (κ3) is 1.02. The van der Waals surface area contributed by atoms with Gasteiger partial charge >= 0.3 is 0 Å². The van der Waals surface area contributed by atoms with Gasteiger partial charge in [-0.25, -0.2) is 4.98 Å². The number of H-pyrrole nitrogens is 1. The largest absolute Gasteiger partial charge is 0.494 e. The molecule has 3 nitrogen and oxygen atoms in total. The van der Waals surface area contributed by atoms with Gasteiger partial charge in [-0.3, -0.25) is 0 Å². The van der Waals surface area contributed by atoms with Crippen LogP contribution in [0.25, 0.3) is 11.0 Å². The summed E-state index contributed by atoms with van der Waals surface area (Å²) in [4.78, 5) is 7.05. The van der Waals surface area contributed by atoms with Gasteiger partial charge in [0.25, 0.3) is 0 Å². The van der Waals surface area contributed by atoms with Crippen LogP contribution in [0.5, 0.6) is 5.75 Å². The van der Waals surface area contributed by atoms with E-state index in [2.05, 4.69) is 9.97 Å². The molecule has 0 amide bonds. The topological polar surface area (TPSA) is 37.9 Å². The monoisotopic (exact) mass is 182 g/mol. The Morgan fingerprint density at radius 2 is 2.33 bits per heavy atom.